The topological polar surface area (TPSA) is 48.0 Å². The zero-order chi connectivity index (χ0) is 20.8. The lowest BCUT2D eigenvalue weighted by atomic mass is 9.69. The number of para-hydroxylation sites is 1. The van der Waals surface area contributed by atoms with Gasteiger partial charge in [-0.05, 0) is 31.7 Å². The van der Waals surface area contributed by atoms with Gasteiger partial charge in [-0.25, -0.2) is 0 Å². The second-order valence-electron chi connectivity index (χ2n) is 10.00. The molecule has 3 fully saturated rings. The number of rotatable bonds is 2. The number of likely N-dealkylation sites (tertiary alicyclic amines) is 1. The SMILES string of the molecule is COc1cccc2c1OC1(CCN(C(=O)C3(C)CCCCC3)CC1)[C@H]1CCCO[C@H]21. The van der Waals surface area contributed by atoms with Crippen LogP contribution in [0.3, 0.4) is 0 Å². The molecular weight excluding hydrogens is 378 g/mol. The normalized spacial score (nSPS) is 29.5. The quantitative estimate of drug-likeness (QED) is 0.693. The van der Waals surface area contributed by atoms with Crippen molar-refractivity contribution in [3.05, 3.63) is 23.8 Å². The smallest absolute Gasteiger partial charge is 0.228 e. The molecule has 3 heterocycles. The Hall–Kier alpha value is -1.75. The predicted octanol–water partition coefficient (Wildman–Crippen LogP) is 4.89. The van der Waals surface area contributed by atoms with Crippen LogP contribution in [-0.2, 0) is 9.53 Å². The van der Waals surface area contributed by atoms with Crippen LogP contribution in [0.2, 0.25) is 0 Å². The molecule has 3 aliphatic heterocycles. The number of nitrogens with zero attached hydrogens (tertiary/aromatic N) is 1. The Morgan fingerprint density at radius 1 is 1.10 bits per heavy atom. The fourth-order valence-corrected chi connectivity index (χ4v) is 6.42. The summed E-state index contributed by atoms with van der Waals surface area (Å²) < 4.78 is 18.7. The Bertz CT molecular complexity index is 792. The highest BCUT2D eigenvalue weighted by Gasteiger charge is 2.54. The Labute approximate surface area is 180 Å². The summed E-state index contributed by atoms with van der Waals surface area (Å²) in [4.78, 5) is 15.5. The van der Waals surface area contributed by atoms with E-state index in [9.17, 15) is 4.79 Å². The molecule has 1 aromatic rings. The summed E-state index contributed by atoms with van der Waals surface area (Å²) in [6.07, 6.45) is 9.70. The third-order valence-corrected chi connectivity index (χ3v) is 8.21. The van der Waals surface area contributed by atoms with E-state index in [-0.39, 0.29) is 17.1 Å². The summed E-state index contributed by atoms with van der Waals surface area (Å²) in [6.45, 7) is 4.54. The fraction of sp³-hybridized carbons (Fsp3) is 0.720. The molecule has 4 aliphatic rings. The molecule has 5 rings (SSSR count). The van der Waals surface area contributed by atoms with Crippen LogP contribution < -0.4 is 9.47 Å². The van der Waals surface area contributed by atoms with E-state index in [0.29, 0.717) is 11.8 Å². The largest absolute Gasteiger partial charge is 0.493 e. The Kier molecular flexibility index (Phi) is 5.20. The summed E-state index contributed by atoms with van der Waals surface area (Å²) in [6, 6.07) is 6.12. The first-order chi connectivity index (χ1) is 14.6. The molecule has 1 amide bonds. The summed E-state index contributed by atoms with van der Waals surface area (Å²) in [7, 11) is 1.70. The Morgan fingerprint density at radius 2 is 1.87 bits per heavy atom. The molecule has 0 aromatic heterocycles. The highest BCUT2D eigenvalue weighted by atomic mass is 16.5. The molecular formula is C25H35NO4. The van der Waals surface area contributed by atoms with Gasteiger partial charge in [-0.1, -0.05) is 38.3 Å². The van der Waals surface area contributed by atoms with E-state index in [1.807, 2.05) is 12.1 Å². The van der Waals surface area contributed by atoms with Gasteiger partial charge in [0.25, 0.3) is 0 Å². The van der Waals surface area contributed by atoms with Crippen LogP contribution in [0.1, 0.15) is 76.4 Å². The number of carbonyl (C=O) groups excluding carboxylic acids is 1. The fourth-order valence-electron chi connectivity index (χ4n) is 6.42. The predicted molar refractivity (Wildman–Crippen MR) is 115 cm³/mol. The molecule has 164 valence electrons. The van der Waals surface area contributed by atoms with E-state index in [1.54, 1.807) is 7.11 Å². The number of amides is 1. The minimum absolute atomic E-state index is 0.0655. The average molecular weight is 414 g/mol. The van der Waals surface area contributed by atoms with Crippen LogP contribution in [0.15, 0.2) is 18.2 Å². The van der Waals surface area contributed by atoms with E-state index in [1.165, 1.54) is 19.3 Å². The molecule has 1 aliphatic carbocycles. The lowest BCUT2D eigenvalue weighted by molar-refractivity contribution is -0.162. The van der Waals surface area contributed by atoms with Gasteiger partial charge in [0.2, 0.25) is 5.91 Å². The maximum absolute atomic E-state index is 13.4. The monoisotopic (exact) mass is 413 g/mol. The van der Waals surface area contributed by atoms with Gasteiger partial charge in [0.05, 0.1) is 13.2 Å². The van der Waals surface area contributed by atoms with Crippen LogP contribution in [-0.4, -0.2) is 43.2 Å². The van der Waals surface area contributed by atoms with E-state index in [2.05, 4.69) is 17.9 Å². The molecule has 2 saturated heterocycles. The highest BCUT2D eigenvalue weighted by molar-refractivity contribution is 5.82. The summed E-state index contributed by atoms with van der Waals surface area (Å²) >= 11 is 0. The second kappa shape index (κ2) is 7.74. The van der Waals surface area contributed by atoms with E-state index >= 15 is 0 Å². The van der Waals surface area contributed by atoms with Crippen molar-refractivity contribution in [1.82, 2.24) is 4.90 Å². The van der Waals surface area contributed by atoms with Gasteiger partial charge in [-0.2, -0.15) is 0 Å². The van der Waals surface area contributed by atoms with Crippen LogP contribution in [0.4, 0.5) is 0 Å². The molecule has 0 radical (unpaired) electrons. The van der Waals surface area contributed by atoms with Crippen molar-refractivity contribution in [3.63, 3.8) is 0 Å². The third-order valence-electron chi connectivity index (χ3n) is 8.21. The summed E-state index contributed by atoms with van der Waals surface area (Å²) in [5, 5.41) is 0. The lowest BCUT2D eigenvalue weighted by Gasteiger charge is -2.54. The molecule has 0 bridgehead atoms. The maximum Gasteiger partial charge on any atom is 0.228 e. The van der Waals surface area contributed by atoms with Crippen molar-refractivity contribution < 1.29 is 19.0 Å². The Morgan fingerprint density at radius 3 is 2.60 bits per heavy atom. The lowest BCUT2D eigenvalue weighted by Crippen LogP contribution is -2.59. The number of ether oxygens (including phenoxy) is 3. The molecule has 1 saturated carbocycles. The van der Waals surface area contributed by atoms with E-state index in [4.69, 9.17) is 14.2 Å². The van der Waals surface area contributed by atoms with Gasteiger partial charge in [-0.15, -0.1) is 0 Å². The van der Waals surface area contributed by atoms with Crippen molar-refractivity contribution >= 4 is 5.91 Å². The van der Waals surface area contributed by atoms with Crippen LogP contribution in [0.5, 0.6) is 11.5 Å². The number of carbonyl (C=O) groups is 1. The van der Waals surface area contributed by atoms with Crippen LogP contribution in [0.25, 0.3) is 0 Å². The average Bonchev–Trinajstić information content (AvgIpc) is 2.79. The van der Waals surface area contributed by atoms with Gasteiger partial charge in [0.1, 0.15) is 5.60 Å². The van der Waals surface area contributed by atoms with Crippen molar-refractivity contribution in [3.8, 4) is 11.5 Å². The van der Waals surface area contributed by atoms with Crippen LogP contribution in [0, 0.1) is 11.3 Å². The minimum Gasteiger partial charge on any atom is -0.493 e. The van der Waals surface area contributed by atoms with Crippen molar-refractivity contribution in [2.75, 3.05) is 26.8 Å². The van der Waals surface area contributed by atoms with Gasteiger partial charge in [-0.3, -0.25) is 4.79 Å². The highest BCUT2D eigenvalue weighted by Crippen LogP contribution is 2.55. The van der Waals surface area contributed by atoms with Crippen molar-refractivity contribution in [2.24, 2.45) is 11.3 Å². The number of methoxy groups -OCH3 is 1. The zero-order valence-electron chi connectivity index (χ0n) is 18.5. The summed E-state index contributed by atoms with van der Waals surface area (Å²) in [5.74, 6) is 2.34. The van der Waals surface area contributed by atoms with Crippen molar-refractivity contribution in [2.45, 2.75) is 76.4 Å². The van der Waals surface area contributed by atoms with Gasteiger partial charge >= 0.3 is 0 Å². The first kappa shape index (κ1) is 20.2. The van der Waals surface area contributed by atoms with E-state index in [0.717, 1.165) is 75.3 Å². The standard InChI is InChI=1S/C25H35NO4/c1-24(11-4-3-5-12-24)23(27)26-15-13-25(14-16-26)19-9-7-17-29-21(19)18-8-6-10-20(28-2)22(18)30-25/h6,8,10,19,21H,3-5,7,9,11-17H2,1-2H3/t19-,21+/m0/s1. The molecule has 5 heteroatoms. The second-order valence-corrected chi connectivity index (χ2v) is 10.00. The Balaban J connectivity index is 1.39. The number of hydrogen-bond acceptors (Lipinski definition) is 4. The third kappa shape index (κ3) is 3.21. The number of benzene rings is 1. The molecule has 30 heavy (non-hydrogen) atoms. The van der Waals surface area contributed by atoms with Gasteiger partial charge in [0.15, 0.2) is 11.5 Å². The van der Waals surface area contributed by atoms with Gasteiger partial charge < -0.3 is 19.1 Å². The molecule has 0 unspecified atom stereocenters. The number of piperidine rings is 1. The zero-order valence-corrected chi connectivity index (χ0v) is 18.5. The minimum atomic E-state index is -0.267. The molecule has 2 atom stereocenters. The van der Waals surface area contributed by atoms with Crippen molar-refractivity contribution in [1.29, 1.82) is 0 Å². The summed E-state index contributed by atoms with van der Waals surface area (Å²) in [5.41, 5.74) is 0.692. The molecule has 0 N–H and O–H groups in total. The molecule has 1 aromatic carbocycles. The first-order valence-corrected chi connectivity index (χ1v) is 11.8. The number of hydrogen-bond donors (Lipinski definition) is 0. The number of fused-ring (bicyclic) bond motifs is 4. The van der Waals surface area contributed by atoms with E-state index < -0.39 is 0 Å². The maximum atomic E-state index is 13.4. The molecule has 1 spiro atoms. The molecule has 5 nitrogen and oxygen atoms in total. The van der Waals surface area contributed by atoms with Crippen LogP contribution >= 0.6 is 0 Å². The first-order valence-electron chi connectivity index (χ1n) is 11.8. The van der Waals surface area contributed by atoms with Gasteiger partial charge in [0, 0.05) is 49.4 Å².